The van der Waals surface area contributed by atoms with E-state index in [-0.39, 0.29) is 5.78 Å². The van der Waals surface area contributed by atoms with Crippen LogP contribution < -0.4 is 10.6 Å². The summed E-state index contributed by atoms with van der Waals surface area (Å²) in [5, 5.41) is 7.10. The second kappa shape index (κ2) is 7.54. The maximum Gasteiger partial charge on any atom is 0.229 e. The van der Waals surface area contributed by atoms with E-state index in [9.17, 15) is 4.79 Å². The van der Waals surface area contributed by atoms with Gasteiger partial charge in [-0.15, -0.1) is 0 Å². The number of Topliss-reactive ketones (excluding diaryl/α,β-unsaturated/α-hetero) is 1. The van der Waals surface area contributed by atoms with Gasteiger partial charge in [-0.3, -0.25) is 4.79 Å². The van der Waals surface area contributed by atoms with Gasteiger partial charge in [0.25, 0.3) is 0 Å². The maximum absolute atomic E-state index is 11.4. The number of nitrogens with one attached hydrogen (secondary N) is 2. The SMILES string of the molecule is CC(=O)c1ccc(Nc2nc(C)cc(Nc3ccc(C)c(Cl)c3)n2)cc1. The van der Waals surface area contributed by atoms with Crippen LogP contribution in [-0.2, 0) is 0 Å². The van der Waals surface area contributed by atoms with Crippen LogP contribution in [0, 0.1) is 13.8 Å². The third-order valence-corrected chi connectivity index (χ3v) is 4.25. The van der Waals surface area contributed by atoms with Crippen molar-refractivity contribution < 1.29 is 4.79 Å². The lowest BCUT2D eigenvalue weighted by molar-refractivity contribution is 0.101. The van der Waals surface area contributed by atoms with Crippen molar-refractivity contribution in [1.82, 2.24) is 9.97 Å². The van der Waals surface area contributed by atoms with Gasteiger partial charge < -0.3 is 10.6 Å². The molecule has 0 aliphatic heterocycles. The molecule has 0 unspecified atom stereocenters. The topological polar surface area (TPSA) is 66.9 Å². The molecular formula is C20H19ClN4O. The van der Waals surface area contributed by atoms with Crippen LogP contribution in [0.5, 0.6) is 0 Å². The molecule has 132 valence electrons. The summed E-state index contributed by atoms with van der Waals surface area (Å²) in [4.78, 5) is 20.3. The van der Waals surface area contributed by atoms with Crippen LogP contribution >= 0.6 is 11.6 Å². The van der Waals surface area contributed by atoms with Crippen LogP contribution in [0.1, 0.15) is 28.5 Å². The van der Waals surface area contributed by atoms with E-state index in [1.165, 1.54) is 0 Å². The summed E-state index contributed by atoms with van der Waals surface area (Å²) >= 11 is 6.18. The lowest BCUT2D eigenvalue weighted by Crippen LogP contribution is -2.02. The average molecular weight is 367 g/mol. The standard InChI is InChI=1S/C20H19ClN4O/c1-12-4-7-17(11-18(12)21)23-19-10-13(2)22-20(25-19)24-16-8-5-15(6-9-16)14(3)26/h4-11H,1-3H3,(H2,22,23,24,25). The smallest absolute Gasteiger partial charge is 0.229 e. The largest absolute Gasteiger partial charge is 0.340 e. The zero-order chi connectivity index (χ0) is 18.7. The fourth-order valence-corrected chi connectivity index (χ4v) is 2.60. The van der Waals surface area contributed by atoms with E-state index in [1.807, 2.05) is 50.2 Å². The number of hydrogen-bond acceptors (Lipinski definition) is 5. The fourth-order valence-electron chi connectivity index (χ4n) is 2.42. The second-order valence-electron chi connectivity index (χ2n) is 6.07. The molecule has 5 nitrogen and oxygen atoms in total. The molecule has 0 atom stereocenters. The number of aryl methyl sites for hydroxylation is 2. The highest BCUT2D eigenvalue weighted by atomic mass is 35.5. The van der Waals surface area contributed by atoms with Crippen LogP contribution in [0.4, 0.5) is 23.1 Å². The Hall–Kier alpha value is -2.92. The molecular weight excluding hydrogens is 348 g/mol. The summed E-state index contributed by atoms with van der Waals surface area (Å²) < 4.78 is 0. The fraction of sp³-hybridized carbons (Fsp3) is 0.150. The number of hydrogen-bond donors (Lipinski definition) is 2. The number of rotatable bonds is 5. The van der Waals surface area contributed by atoms with Crippen molar-refractivity contribution in [3.05, 3.63) is 70.4 Å². The number of anilines is 4. The van der Waals surface area contributed by atoms with Gasteiger partial charge in [0.1, 0.15) is 5.82 Å². The molecule has 0 saturated carbocycles. The summed E-state index contributed by atoms with van der Waals surface area (Å²) in [6.45, 7) is 5.40. The van der Waals surface area contributed by atoms with E-state index in [2.05, 4.69) is 20.6 Å². The van der Waals surface area contributed by atoms with Crippen molar-refractivity contribution in [2.24, 2.45) is 0 Å². The minimum atomic E-state index is 0.0339. The molecule has 3 aromatic rings. The van der Waals surface area contributed by atoms with Gasteiger partial charge in [0, 0.05) is 33.7 Å². The molecule has 2 N–H and O–H groups in total. The van der Waals surface area contributed by atoms with Crippen LogP contribution in [0.25, 0.3) is 0 Å². The van der Waals surface area contributed by atoms with Crippen molar-refractivity contribution in [1.29, 1.82) is 0 Å². The first-order chi connectivity index (χ1) is 12.4. The molecule has 0 saturated heterocycles. The molecule has 26 heavy (non-hydrogen) atoms. The predicted molar refractivity (Wildman–Crippen MR) is 106 cm³/mol. The van der Waals surface area contributed by atoms with Crippen LogP contribution in [0.3, 0.4) is 0 Å². The molecule has 3 rings (SSSR count). The monoisotopic (exact) mass is 366 g/mol. The van der Waals surface area contributed by atoms with Gasteiger partial charge in [-0.25, -0.2) is 4.98 Å². The van der Waals surface area contributed by atoms with Crippen molar-refractivity contribution in [3.63, 3.8) is 0 Å². The zero-order valence-electron chi connectivity index (χ0n) is 14.8. The molecule has 6 heteroatoms. The zero-order valence-corrected chi connectivity index (χ0v) is 15.6. The van der Waals surface area contributed by atoms with Crippen LogP contribution in [0.15, 0.2) is 48.5 Å². The van der Waals surface area contributed by atoms with E-state index in [0.29, 0.717) is 22.4 Å². The Kier molecular flexibility index (Phi) is 5.19. The molecule has 0 spiro atoms. The molecule has 1 heterocycles. The van der Waals surface area contributed by atoms with Gasteiger partial charge in [0.2, 0.25) is 5.95 Å². The quantitative estimate of drug-likeness (QED) is 0.589. The van der Waals surface area contributed by atoms with E-state index in [1.54, 1.807) is 19.1 Å². The van der Waals surface area contributed by atoms with Crippen LogP contribution in [-0.4, -0.2) is 15.8 Å². The number of carbonyl (C=O) groups excluding carboxylic acids is 1. The number of ketones is 1. The Balaban J connectivity index is 1.80. The van der Waals surface area contributed by atoms with Gasteiger partial charge in [0.15, 0.2) is 5.78 Å². The summed E-state index contributed by atoms with van der Waals surface area (Å²) in [6.07, 6.45) is 0. The highest BCUT2D eigenvalue weighted by Gasteiger charge is 2.06. The highest BCUT2D eigenvalue weighted by molar-refractivity contribution is 6.31. The van der Waals surface area contributed by atoms with Gasteiger partial charge >= 0.3 is 0 Å². The summed E-state index contributed by atoms with van der Waals surface area (Å²) in [7, 11) is 0. The molecule has 0 bridgehead atoms. The molecule has 1 aromatic heterocycles. The summed E-state index contributed by atoms with van der Waals surface area (Å²) in [5.41, 5.74) is 4.18. The van der Waals surface area contributed by atoms with Crippen LogP contribution in [0.2, 0.25) is 5.02 Å². The first-order valence-electron chi connectivity index (χ1n) is 8.17. The van der Waals surface area contributed by atoms with Gasteiger partial charge in [-0.2, -0.15) is 4.98 Å². The lowest BCUT2D eigenvalue weighted by Gasteiger charge is -2.11. The van der Waals surface area contributed by atoms with Crippen molar-refractivity contribution >= 4 is 40.5 Å². The minimum absolute atomic E-state index is 0.0339. The van der Waals surface area contributed by atoms with E-state index >= 15 is 0 Å². The molecule has 0 aliphatic rings. The third kappa shape index (κ3) is 4.37. The normalized spacial score (nSPS) is 10.5. The van der Waals surface area contributed by atoms with Crippen molar-refractivity contribution in [3.8, 4) is 0 Å². The molecule has 0 aliphatic carbocycles. The minimum Gasteiger partial charge on any atom is -0.340 e. The van der Waals surface area contributed by atoms with Gasteiger partial charge in [-0.05, 0) is 62.7 Å². The average Bonchev–Trinajstić information content (AvgIpc) is 2.58. The number of carbonyl (C=O) groups is 1. The Morgan fingerprint density at radius 3 is 2.27 bits per heavy atom. The van der Waals surface area contributed by atoms with E-state index < -0.39 is 0 Å². The summed E-state index contributed by atoms with van der Waals surface area (Å²) in [5.74, 6) is 1.17. The predicted octanol–water partition coefficient (Wildman–Crippen LogP) is 5.44. The molecule has 0 amide bonds. The summed E-state index contributed by atoms with van der Waals surface area (Å²) in [6, 6.07) is 14.8. The number of nitrogens with zero attached hydrogens (tertiary/aromatic N) is 2. The van der Waals surface area contributed by atoms with E-state index in [4.69, 9.17) is 11.6 Å². The number of benzene rings is 2. The van der Waals surface area contributed by atoms with Crippen molar-refractivity contribution in [2.75, 3.05) is 10.6 Å². The Bertz CT molecular complexity index is 955. The molecule has 2 aromatic carbocycles. The first-order valence-corrected chi connectivity index (χ1v) is 8.55. The number of halogens is 1. The number of aromatic nitrogens is 2. The second-order valence-corrected chi connectivity index (χ2v) is 6.47. The molecule has 0 radical (unpaired) electrons. The third-order valence-electron chi connectivity index (χ3n) is 3.85. The van der Waals surface area contributed by atoms with Gasteiger partial charge in [0.05, 0.1) is 0 Å². The Morgan fingerprint density at radius 2 is 1.62 bits per heavy atom. The lowest BCUT2D eigenvalue weighted by atomic mass is 10.1. The van der Waals surface area contributed by atoms with E-state index in [0.717, 1.165) is 22.6 Å². The van der Waals surface area contributed by atoms with Gasteiger partial charge in [-0.1, -0.05) is 17.7 Å². The maximum atomic E-state index is 11.4. The first kappa shape index (κ1) is 17.9. The Morgan fingerprint density at radius 1 is 0.923 bits per heavy atom. The highest BCUT2D eigenvalue weighted by Crippen LogP contribution is 2.24. The van der Waals surface area contributed by atoms with Crippen molar-refractivity contribution in [2.45, 2.75) is 20.8 Å². The Labute approximate surface area is 157 Å². The molecule has 0 fully saturated rings.